The van der Waals surface area contributed by atoms with Crippen LogP contribution in [0.15, 0.2) is 28.8 Å². The van der Waals surface area contributed by atoms with Crippen molar-refractivity contribution in [3.8, 4) is 11.4 Å². The van der Waals surface area contributed by atoms with E-state index < -0.39 is 17.4 Å². The second kappa shape index (κ2) is 8.77. The fraction of sp³-hybridized carbons (Fsp3) is 0.474. The molecule has 1 aromatic carbocycles. The van der Waals surface area contributed by atoms with Crippen LogP contribution in [0.4, 0.5) is 0 Å². The summed E-state index contributed by atoms with van der Waals surface area (Å²) in [5.74, 6) is -0.388. The van der Waals surface area contributed by atoms with Crippen LogP contribution in [-0.4, -0.2) is 46.4 Å². The van der Waals surface area contributed by atoms with Crippen molar-refractivity contribution in [1.29, 1.82) is 0 Å². The quantitative estimate of drug-likeness (QED) is 0.691. The van der Waals surface area contributed by atoms with Crippen LogP contribution in [0.2, 0.25) is 0 Å². The molecule has 8 heteroatoms. The molecule has 0 spiro atoms. The molecule has 0 aliphatic carbocycles. The molecule has 0 fully saturated rings. The molecule has 0 radical (unpaired) electrons. The molecule has 1 atom stereocenters. The van der Waals surface area contributed by atoms with Crippen LogP contribution in [0.1, 0.15) is 44.6 Å². The predicted molar refractivity (Wildman–Crippen MR) is 98.2 cm³/mol. The summed E-state index contributed by atoms with van der Waals surface area (Å²) in [6.45, 7) is 5.50. The number of rotatable bonds is 9. The summed E-state index contributed by atoms with van der Waals surface area (Å²) < 4.78 is 10.1. The molecule has 0 saturated carbocycles. The largest absolute Gasteiger partial charge is 0.479 e. The highest BCUT2D eigenvalue weighted by Gasteiger charge is 2.34. The molecule has 2 rings (SSSR count). The lowest BCUT2D eigenvalue weighted by atomic mass is 10.0. The Morgan fingerprint density at radius 1 is 1.30 bits per heavy atom. The van der Waals surface area contributed by atoms with Gasteiger partial charge in [-0.25, -0.2) is 4.79 Å². The number of methoxy groups -OCH3 is 1. The van der Waals surface area contributed by atoms with Gasteiger partial charge in [0.25, 0.3) is 0 Å². The molecule has 2 aromatic rings. The molecular formula is C19H25N3O5. The zero-order valence-corrected chi connectivity index (χ0v) is 16.0. The SMILES string of the molecule is COCC(C)(NC(=O)CCc1nc(-c2ccc(C(C)C)cc2)no1)C(=O)O. The number of nitrogens with zero attached hydrogens (tertiary/aromatic N) is 2. The zero-order chi connectivity index (χ0) is 20.0. The molecule has 0 bridgehead atoms. The van der Waals surface area contributed by atoms with Crippen molar-refractivity contribution in [2.45, 2.75) is 45.1 Å². The van der Waals surface area contributed by atoms with Crippen molar-refractivity contribution in [3.05, 3.63) is 35.7 Å². The number of carbonyl (C=O) groups excluding carboxylic acids is 1. The molecule has 0 saturated heterocycles. The molecule has 146 valence electrons. The number of carbonyl (C=O) groups is 2. The average molecular weight is 375 g/mol. The lowest BCUT2D eigenvalue weighted by Gasteiger charge is -2.25. The van der Waals surface area contributed by atoms with Crippen molar-refractivity contribution < 1.29 is 24.0 Å². The van der Waals surface area contributed by atoms with Crippen molar-refractivity contribution in [1.82, 2.24) is 15.5 Å². The van der Waals surface area contributed by atoms with Gasteiger partial charge in [0.1, 0.15) is 0 Å². The summed E-state index contributed by atoms with van der Waals surface area (Å²) in [5.41, 5.74) is 0.568. The number of hydrogen-bond donors (Lipinski definition) is 2. The first-order valence-corrected chi connectivity index (χ1v) is 8.71. The lowest BCUT2D eigenvalue weighted by Crippen LogP contribution is -2.55. The highest BCUT2D eigenvalue weighted by molar-refractivity contribution is 5.86. The Balaban J connectivity index is 1.95. The first-order valence-electron chi connectivity index (χ1n) is 8.71. The Labute approximate surface area is 157 Å². The van der Waals surface area contributed by atoms with E-state index in [9.17, 15) is 14.7 Å². The monoisotopic (exact) mass is 375 g/mol. The number of carboxylic acid groups (broad SMARTS) is 1. The van der Waals surface area contributed by atoms with E-state index in [4.69, 9.17) is 9.26 Å². The van der Waals surface area contributed by atoms with Gasteiger partial charge in [0, 0.05) is 25.5 Å². The molecule has 0 aliphatic heterocycles. The summed E-state index contributed by atoms with van der Waals surface area (Å²) in [6.07, 6.45) is 0.242. The van der Waals surface area contributed by atoms with Gasteiger partial charge >= 0.3 is 5.97 Å². The minimum absolute atomic E-state index is 0.0283. The van der Waals surface area contributed by atoms with Crippen LogP contribution in [0.25, 0.3) is 11.4 Å². The Morgan fingerprint density at radius 2 is 1.96 bits per heavy atom. The van der Waals surface area contributed by atoms with E-state index >= 15 is 0 Å². The number of aliphatic carboxylic acids is 1. The van der Waals surface area contributed by atoms with Crippen molar-refractivity contribution in [2.75, 3.05) is 13.7 Å². The van der Waals surface area contributed by atoms with E-state index in [1.54, 1.807) is 0 Å². The molecule has 1 aromatic heterocycles. The van der Waals surface area contributed by atoms with Gasteiger partial charge in [-0.3, -0.25) is 4.79 Å². The predicted octanol–water partition coefficient (Wildman–Crippen LogP) is 2.40. The van der Waals surface area contributed by atoms with Crippen LogP contribution in [0.3, 0.4) is 0 Å². The van der Waals surface area contributed by atoms with Crippen molar-refractivity contribution in [2.24, 2.45) is 0 Å². The Kier molecular flexibility index (Phi) is 6.68. The lowest BCUT2D eigenvalue weighted by molar-refractivity contribution is -0.149. The minimum Gasteiger partial charge on any atom is -0.479 e. The highest BCUT2D eigenvalue weighted by Crippen LogP contribution is 2.20. The van der Waals surface area contributed by atoms with E-state index in [1.165, 1.54) is 19.6 Å². The van der Waals surface area contributed by atoms with Gasteiger partial charge in [0.15, 0.2) is 5.54 Å². The van der Waals surface area contributed by atoms with E-state index in [2.05, 4.69) is 29.3 Å². The molecule has 8 nitrogen and oxygen atoms in total. The number of carboxylic acids is 1. The van der Waals surface area contributed by atoms with Crippen LogP contribution >= 0.6 is 0 Å². The van der Waals surface area contributed by atoms with Crippen molar-refractivity contribution >= 4 is 11.9 Å². The second-order valence-electron chi connectivity index (χ2n) is 6.91. The summed E-state index contributed by atoms with van der Waals surface area (Å²) in [4.78, 5) is 27.7. The molecule has 1 amide bonds. The number of aromatic nitrogens is 2. The van der Waals surface area contributed by atoms with E-state index in [0.717, 1.165) is 5.56 Å². The number of hydrogen-bond acceptors (Lipinski definition) is 6. The zero-order valence-electron chi connectivity index (χ0n) is 16.0. The molecule has 27 heavy (non-hydrogen) atoms. The van der Waals surface area contributed by atoms with Gasteiger partial charge in [-0.15, -0.1) is 0 Å². The molecule has 1 unspecified atom stereocenters. The summed E-state index contributed by atoms with van der Waals surface area (Å²) >= 11 is 0. The fourth-order valence-electron chi connectivity index (χ4n) is 2.52. The third-order valence-corrected chi connectivity index (χ3v) is 4.19. The third-order valence-electron chi connectivity index (χ3n) is 4.19. The first kappa shape index (κ1) is 20.6. The molecular weight excluding hydrogens is 350 g/mol. The third kappa shape index (κ3) is 5.37. The van der Waals surface area contributed by atoms with Gasteiger partial charge in [-0.05, 0) is 18.4 Å². The summed E-state index contributed by atoms with van der Waals surface area (Å²) in [5, 5.41) is 15.7. The Hall–Kier alpha value is -2.74. The standard InChI is InChI=1S/C19H25N3O5/c1-12(2)13-5-7-14(8-6-13)17-20-16(27-22-17)10-9-15(23)21-19(3,11-26-4)18(24)25/h5-8,12H,9-11H2,1-4H3,(H,21,23)(H,24,25). The maximum atomic E-state index is 12.1. The first-order chi connectivity index (χ1) is 12.7. The average Bonchev–Trinajstić information content (AvgIpc) is 3.09. The van der Waals surface area contributed by atoms with Crippen molar-refractivity contribution in [3.63, 3.8) is 0 Å². The Morgan fingerprint density at radius 3 is 2.52 bits per heavy atom. The van der Waals surface area contributed by atoms with Gasteiger partial charge in [0.2, 0.25) is 17.6 Å². The number of aryl methyl sites for hydroxylation is 1. The summed E-state index contributed by atoms with van der Waals surface area (Å²) in [7, 11) is 1.38. The maximum absolute atomic E-state index is 12.1. The van der Waals surface area contributed by atoms with Crippen LogP contribution in [0.5, 0.6) is 0 Å². The Bertz CT molecular complexity index is 785. The van der Waals surface area contributed by atoms with E-state index in [1.807, 2.05) is 24.3 Å². The van der Waals surface area contributed by atoms with Crippen LogP contribution < -0.4 is 5.32 Å². The van der Waals surface area contributed by atoms with Gasteiger partial charge in [0.05, 0.1) is 6.61 Å². The van der Waals surface area contributed by atoms with E-state index in [0.29, 0.717) is 17.6 Å². The molecule has 1 heterocycles. The number of amides is 1. The topological polar surface area (TPSA) is 115 Å². The number of benzene rings is 1. The van der Waals surface area contributed by atoms with Crippen LogP contribution in [0, 0.1) is 0 Å². The number of nitrogens with one attached hydrogen (secondary N) is 1. The molecule has 2 N–H and O–H groups in total. The normalized spacial score (nSPS) is 13.4. The number of ether oxygens (including phenoxy) is 1. The smallest absolute Gasteiger partial charge is 0.331 e. The summed E-state index contributed by atoms with van der Waals surface area (Å²) in [6, 6.07) is 7.90. The fourth-order valence-corrected chi connectivity index (χ4v) is 2.52. The van der Waals surface area contributed by atoms with E-state index in [-0.39, 0.29) is 19.4 Å². The van der Waals surface area contributed by atoms with Gasteiger partial charge < -0.3 is 19.7 Å². The molecule has 0 aliphatic rings. The maximum Gasteiger partial charge on any atom is 0.331 e. The minimum atomic E-state index is -1.48. The highest BCUT2D eigenvalue weighted by atomic mass is 16.5. The van der Waals surface area contributed by atoms with Gasteiger partial charge in [-0.2, -0.15) is 4.98 Å². The second-order valence-corrected chi connectivity index (χ2v) is 6.91. The van der Waals surface area contributed by atoms with Crippen LogP contribution in [-0.2, 0) is 20.7 Å². The van der Waals surface area contributed by atoms with Gasteiger partial charge in [-0.1, -0.05) is 43.3 Å².